The summed E-state index contributed by atoms with van der Waals surface area (Å²) in [6.07, 6.45) is 5.08. The minimum atomic E-state index is -0.344. The Morgan fingerprint density at radius 3 is 2.72 bits per heavy atom. The number of ether oxygens (including phenoxy) is 3. The summed E-state index contributed by atoms with van der Waals surface area (Å²) < 4.78 is 17.9. The average Bonchev–Trinajstić information content (AvgIpc) is 3.08. The number of hydrogen-bond donors (Lipinski definition) is 0. The molecule has 4 atom stereocenters. The lowest BCUT2D eigenvalue weighted by Crippen LogP contribution is -2.63. The van der Waals surface area contributed by atoms with Gasteiger partial charge in [-0.25, -0.2) is 0 Å². The zero-order chi connectivity index (χ0) is 20.3. The Labute approximate surface area is 170 Å². The monoisotopic (exact) mass is 397 g/mol. The van der Waals surface area contributed by atoms with Crippen LogP contribution in [0, 0.1) is 5.92 Å². The number of hydrogen-bond acceptors (Lipinski definition) is 6. The third-order valence-electron chi connectivity index (χ3n) is 7.24. The topological polar surface area (TPSA) is 65.1 Å². The minimum Gasteiger partial charge on any atom is -0.477 e. The van der Waals surface area contributed by atoms with Gasteiger partial charge < -0.3 is 19.1 Å². The smallest absolute Gasteiger partial charge is 0.311 e. The van der Waals surface area contributed by atoms with Crippen LogP contribution in [-0.4, -0.2) is 42.6 Å². The molecular formula is C23H27NO5. The second kappa shape index (κ2) is 6.59. The van der Waals surface area contributed by atoms with Crippen molar-refractivity contribution in [3.63, 3.8) is 0 Å². The summed E-state index contributed by atoms with van der Waals surface area (Å²) >= 11 is 0. The van der Waals surface area contributed by atoms with Crippen LogP contribution in [0.4, 0.5) is 0 Å². The molecule has 5 rings (SSSR count). The van der Waals surface area contributed by atoms with E-state index in [1.807, 2.05) is 12.1 Å². The predicted octanol–water partition coefficient (Wildman–Crippen LogP) is 3.12. The first-order valence-electron chi connectivity index (χ1n) is 10.6. The maximum absolute atomic E-state index is 12.1. The molecule has 154 valence electrons. The summed E-state index contributed by atoms with van der Waals surface area (Å²) in [6.45, 7) is 4.54. The summed E-state index contributed by atoms with van der Waals surface area (Å²) in [5.41, 5.74) is 2.21. The third kappa shape index (κ3) is 2.51. The fourth-order valence-corrected chi connectivity index (χ4v) is 5.88. The van der Waals surface area contributed by atoms with Gasteiger partial charge in [-0.15, -0.1) is 0 Å². The van der Waals surface area contributed by atoms with Crippen LogP contribution in [0.15, 0.2) is 24.0 Å². The van der Waals surface area contributed by atoms with Crippen molar-refractivity contribution in [1.29, 1.82) is 0 Å². The van der Waals surface area contributed by atoms with Gasteiger partial charge in [-0.1, -0.05) is 19.9 Å². The molecule has 2 aliphatic carbocycles. The van der Waals surface area contributed by atoms with Crippen LogP contribution < -0.4 is 9.47 Å². The number of likely N-dealkylation sites (tertiary alicyclic amines) is 1. The summed E-state index contributed by atoms with van der Waals surface area (Å²) in [7, 11) is 2.20. The molecule has 4 aliphatic rings. The molecule has 1 fully saturated rings. The second-order valence-electron chi connectivity index (χ2n) is 8.57. The molecule has 6 heteroatoms. The molecule has 2 unspecified atom stereocenters. The van der Waals surface area contributed by atoms with Gasteiger partial charge in [-0.05, 0) is 56.5 Å². The Hall–Kier alpha value is -2.34. The zero-order valence-corrected chi connectivity index (χ0v) is 17.2. The van der Waals surface area contributed by atoms with Crippen molar-refractivity contribution in [1.82, 2.24) is 4.90 Å². The highest BCUT2D eigenvalue weighted by Gasteiger charge is 2.64. The van der Waals surface area contributed by atoms with Crippen LogP contribution in [0.2, 0.25) is 0 Å². The number of likely N-dealkylation sites (N-methyl/N-ethyl adjacent to an activating group) is 1. The van der Waals surface area contributed by atoms with E-state index >= 15 is 0 Å². The van der Waals surface area contributed by atoms with Crippen molar-refractivity contribution in [3.05, 3.63) is 35.1 Å². The number of nitrogens with zero attached hydrogens (tertiary/aromatic N) is 1. The maximum Gasteiger partial charge on any atom is 0.311 e. The van der Waals surface area contributed by atoms with Crippen molar-refractivity contribution in [2.24, 2.45) is 5.92 Å². The van der Waals surface area contributed by atoms with Crippen LogP contribution in [0.1, 0.15) is 50.7 Å². The van der Waals surface area contributed by atoms with Crippen LogP contribution in [0.25, 0.3) is 0 Å². The number of rotatable bonds is 4. The molecule has 0 aromatic heterocycles. The minimum absolute atomic E-state index is 0.229. The van der Waals surface area contributed by atoms with Crippen LogP contribution in [0.3, 0.4) is 0 Å². The molecule has 29 heavy (non-hydrogen) atoms. The van der Waals surface area contributed by atoms with Gasteiger partial charge in [0.2, 0.25) is 0 Å². The summed E-state index contributed by atoms with van der Waals surface area (Å²) in [6, 6.07) is 4.37. The fraction of sp³-hybridized carbons (Fsp3) is 0.565. The molecule has 0 N–H and O–H groups in total. The molecule has 1 aromatic carbocycles. The van der Waals surface area contributed by atoms with Crippen molar-refractivity contribution in [2.45, 2.75) is 63.5 Å². The maximum atomic E-state index is 12.1. The van der Waals surface area contributed by atoms with Gasteiger partial charge >= 0.3 is 11.9 Å². The molecule has 0 saturated carbocycles. The molecular weight excluding hydrogens is 370 g/mol. The zero-order valence-electron chi connectivity index (χ0n) is 17.2. The van der Waals surface area contributed by atoms with Crippen LogP contribution in [-0.2, 0) is 26.2 Å². The van der Waals surface area contributed by atoms with Gasteiger partial charge in [0.25, 0.3) is 0 Å². The van der Waals surface area contributed by atoms with Gasteiger partial charge in [-0.3, -0.25) is 9.59 Å². The van der Waals surface area contributed by atoms with Crippen molar-refractivity contribution in [2.75, 3.05) is 13.6 Å². The average molecular weight is 397 g/mol. The van der Waals surface area contributed by atoms with Gasteiger partial charge in [0.05, 0.1) is 0 Å². The lowest BCUT2D eigenvalue weighted by atomic mass is 9.53. The molecule has 1 aromatic rings. The predicted molar refractivity (Wildman–Crippen MR) is 106 cm³/mol. The molecule has 2 aliphatic heterocycles. The van der Waals surface area contributed by atoms with E-state index in [9.17, 15) is 9.59 Å². The number of carbonyl (C=O) groups is 2. The van der Waals surface area contributed by atoms with E-state index in [1.165, 1.54) is 11.1 Å². The van der Waals surface area contributed by atoms with Gasteiger partial charge in [0.1, 0.15) is 5.76 Å². The van der Waals surface area contributed by atoms with Crippen molar-refractivity contribution >= 4 is 11.9 Å². The Balaban J connectivity index is 1.66. The quantitative estimate of drug-likeness (QED) is 0.575. The molecule has 1 spiro atoms. The van der Waals surface area contributed by atoms with Crippen molar-refractivity contribution in [3.8, 4) is 11.5 Å². The highest BCUT2D eigenvalue weighted by atomic mass is 16.6. The second-order valence-corrected chi connectivity index (χ2v) is 8.57. The van der Waals surface area contributed by atoms with Crippen LogP contribution in [0.5, 0.6) is 11.5 Å². The number of carbonyl (C=O) groups excluding carboxylic acids is 2. The SMILES string of the molecule is CCC(=O)OC1=CCC2[C@H]3Cc4ccc(OC(=O)CC)c5c4[C@@]2(CCN3C)C1O5. The van der Waals surface area contributed by atoms with Gasteiger partial charge in [0, 0.05) is 29.9 Å². The lowest BCUT2D eigenvalue weighted by Gasteiger charge is -2.56. The van der Waals surface area contributed by atoms with Gasteiger partial charge in [0.15, 0.2) is 17.6 Å². The molecule has 1 saturated heterocycles. The molecule has 0 amide bonds. The number of benzene rings is 1. The Kier molecular flexibility index (Phi) is 4.24. The lowest BCUT2D eigenvalue weighted by molar-refractivity contribution is -0.142. The Morgan fingerprint density at radius 1 is 1.21 bits per heavy atom. The molecule has 6 nitrogen and oxygen atoms in total. The van der Waals surface area contributed by atoms with E-state index in [4.69, 9.17) is 14.2 Å². The highest BCUT2D eigenvalue weighted by molar-refractivity contribution is 5.75. The summed E-state index contributed by atoms with van der Waals surface area (Å²) in [5, 5.41) is 0. The van der Waals surface area contributed by atoms with E-state index < -0.39 is 0 Å². The normalized spacial score (nSPS) is 31.4. The first-order chi connectivity index (χ1) is 14.0. The third-order valence-corrected chi connectivity index (χ3v) is 7.24. The summed E-state index contributed by atoms with van der Waals surface area (Å²) in [4.78, 5) is 26.5. The largest absolute Gasteiger partial charge is 0.477 e. The highest BCUT2D eigenvalue weighted by Crippen LogP contribution is 2.63. The number of allylic oxidation sites excluding steroid dienone is 1. The number of piperidine rings is 1. The molecule has 2 heterocycles. The first-order valence-corrected chi connectivity index (χ1v) is 10.6. The van der Waals surface area contributed by atoms with Crippen LogP contribution >= 0.6 is 0 Å². The standard InChI is InChI=1S/C23H27NO5/c1-4-18(25)27-16-8-6-13-12-15-14-7-9-17(28-19(26)5-2)22-23(14,10-11-24(15)3)20(13)21(16)29-22/h6,8-9,14-15,22H,4-5,7,10-12H2,1-3H3/t14?,15-,22?,23+/m1/s1. The number of esters is 2. The first kappa shape index (κ1) is 18.7. The Bertz CT molecular complexity index is 922. The van der Waals surface area contributed by atoms with E-state index in [0.29, 0.717) is 42.1 Å². The van der Waals surface area contributed by atoms with Gasteiger partial charge in [-0.2, -0.15) is 0 Å². The van der Waals surface area contributed by atoms with E-state index in [0.717, 1.165) is 25.8 Å². The van der Waals surface area contributed by atoms with E-state index in [-0.39, 0.29) is 23.5 Å². The fourth-order valence-electron chi connectivity index (χ4n) is 5.88. The van der Waals surface area contributed by atoms with E-state index in [2.05, 4.69) is 18.0 Å². The Morgan fingerprint density at radius 2 is 1.97 bits per heavy atom. The molecule has 2 bridgehead atoms. The molecule has 0 radical (unpaired) electrons. The summed E-state index contributed by atoms with van der Waals surface area (Å²) in [5.74, 6) is 1.64. The van der Waals surface area contributed by atoms with E-state index in [1.54, 1.807) is 13.8 Å². The van der Waals surface area contributed by atoms with Crippen molar-refractivity contribution < 1.29 is 23.8 Å².